The number of nitrogens with two attached hydrogens (primary N) is 1. The summed E-state index contributed by atoms with van der Waals surface area (Å²) in [5.41, 5.74) is 1.94. The highest BCUT2D eigenvalue weighted by Gasteiger charge is 2.20. The molecular formula is C11H13N7O3. The fourth-order valence-electron chi connectivity index (χ4n) is 1.75. The van der Waals surface area contributed by atoms with Crippen LogP contribution < -0.4 is 16.6 Å². The Labute approximate surface area is 119 Å². The van der Waals surface area contributed by atoms with Crippen molar-refractivity contribution in [1.82, 2.24) is 20.1 Å². The van der Waals surface area contributed by atoms with Gasteiger partial charge in [0, 0.05) is 13.1 Å². The number of nitrogens with zero attached hydrogens (tertiary/aromatic N) is 4. The van der Waals surface area contributed by atoms with Crippen molar-refractivity contribution in [2.24, 2.45) is 12.9 Å². The van der Waals surface area contributed by atoms with Crippen molar-refractivity contribution in [2.75, 3.05) is 5.43 Å². The number of nitro groups is 1. The van der Waals surface area contributed by atoms with E-state index in [9.17, 15) is 14.9 Å². The molecule has 0 saturated heterocycles. The number of anilines is 1. The molecule has 0 radical (unpaired) electrons. The van der Waals surface area contributed by atoms with Gasteiger partial charge in [-0.1, -0.05) is 6.07 Å². The summed E-state index contributed by atoms with van der Waals surface area (Å²) in [5.74, 6) is 5.19. The van der Waals surface area contributed by atoms with E-state index < -0.39 is 10.8 Å². The molecule has 0 spiro atoms. The number of rotatable bonds is 5. The van der Waals surface area contributed by atoms with Gasteiger partial charge in [0.1, 0.15) is 12.0 Å². The number of aryl methyl sites for hydroxylation is 1. The van der Waals surface area contributed by atoms with E-state index in [2.05, 4.69) is 20.8 Å². The lowest BCUT2D eigenvalue weighted by Gasteiger charge is -2.09. The molecule has 0 fully saturated rings. The number of nitro benzene ring substituents is 1. The van der Waals surface area contributed by atoms with Crippen molar-refractivity contribution < 1.29 is 9.72 Å². The normalized spacial score (nSPS) is 10.2. The van der Waals surface area contributed by atoms with Crippen molar-refractivity contribution in [3.8, 4) is 0 Å². The zero-order valence-electron chi connectivity index (χ0n) is 11.1. The van der Waals surface area contributed by atoms with Crippen molar-refractivity contribution in [2.45, 2.75) is 6.54 Å². The smallest absolute Gasteiger partial charge is 0.294 e. The van der Waals surface area contributed by atoms with Crippen molar-refractivity contribution in [1.29, 1.82) is 0 Å². The molecule has 0 atom stereocenters. The van der Waals surface area contributed by atoms with Gasteiger partial charge >= 0.3 is 0 Å². The third kappa shape index (κ3) is 3.12. The fourth-order valence-corrected chi connectivity index (χ4v) is 1.75. The van der Waals surface area contributed by atoms with Crippen LogP contribution in [0, 0.1) is 10.1 Å². The highest BCUT2D eigenvalue weighted by molar-refractivity contribution is 6.01. The van der Waals surface area contributed by atoms with Gasteiger partial charge in [-0.05, 0) is 6.07 Å². The number of nitrogen functional groups attached to an aromatic ring is 1. The van der Waals surface area contributed by atoms with Crippen LogP contribution in [0.5, 0.6) is 0 Å². The van der Waals surface area contributed by atoms with Crippen LogP contribution in [0.4, 0.5) is 11.4 Å². The molecule has 1 aromatic carbocycles. The Morgan fingerprint density at radius 2 is 2.29 bits per heavy atom. The highest BCUT2D eigenvalue weighted by atomic mass is 16.6. The lowest BCUT2D eigenvalue weighted by atomic mass is 10.1. The molecule has 2 rings (SSSR count). The van der Waals surface area contributed by atoms with E-state index >= 15 is 0 Å². The molecule has 10 heteroatoms. The standard InChI is InChI=1S/C11H13N7O3/c1-17-6-14-9(16-17)5-13-11(19)7-3-2-4-8(18(20)21)10(7)15-12/h2-4,6,15H,5,12H2,1H3,(H,13,19). The van der Waals surface area contributed by atoms with Crippen LogP contribution in [0.25, 0.3) is 0 Å². The molecule has 0 aliphatic carbocycles. The number of aromatic nitrogens is 3. The molecule has 0 bridgehead atoms. The fraction of sp³-hybridized carbons (Fsp3) is 0.182. The lowest BCUT2D eigenvalue weighted by Crippen LogP contribution is -2.25. The van der Waals surface area contributed by atoms with Gasteiger partial charge in [0.25, 0.3) is 11.6 Å². The first-order valence-corrected chi connectivity index (χ1v) is 5.89. The summed E-state index contributed by atoms with van der Waals surface area (Å²) in [7, 11) is 1.70. The number of amides is 1. The number of para-hydroxylation sites is 1. The molecule has 10 nitrogen and oxygen atoms in total. The summed E-state index contributed by atoms with van der Waals surface area (Å²) in [6.07, 6.45) is 1.50. The summed E-state index contributed by atoms with van der Waals surface area (Å²) in [6.45, 7) is 0.104. The predicted octanol–water partition coefficient (Wildman–Crippen LogP) is -0.0611. The molecule has 0 unspecified atom stereocenters. The molecular weight excluding hydrogens is 278 g/mol. The van der Waals surface area contributed by atoms with Crippen LogP contribution in [-0.4, -0.2) is 25.6 Å². The van der Waals surface area contributed by atoms with Gasteiger partial charge in [-0.25, -0.2) is 4.98 Å². The van der Waals surface area contributed by atoms with Gasteiger partial charge in [0.2, 0.25) is 0 Å². The van der Waals surface area contributed by atoms with Gasteiger partial charge in [-0.3, -0.25) is 25.4 Å². The van der Waals surface area contributed by atoms with Crippen molar-refractivity contribution >= 4 is 17.3 Å². The van der Waals surface area contributed by atoms with Crippen LogP contribution in [-0.2, 0) is 13.6 Å². The van der Waals surface area contributed by atoms with E-state index in [0.717, 1.165) is 0 Å². The Kier molecular flexibility index (Phi) is 4.09. The quantitative estimate of drug-likeness (QED) is 0.398. The maximum atomic E-state index is 12.1. The summed E-state index contributed by atoms with van der Waals surface area (Å²) in [4.78, 5) is 26.3. The second-order valence-electron chi connectivity index (χ2n) is 4.12. The van der Waals surface area contributed by atoms with Crippen molar-refractivity contribution in [3.05, 3.63) is 46.0 Å². The van der Waals surface area contributed by atoms with E-state index in [-0.39, 0.29) is 23.5 Å². The van der Waals surface area contributed by atoms with Gasteiger partial charge in [-0.2, -0.15) is 5.10 Å². The third-order valence-electron chi connectivity index (χ3n) is 2.68. The number of hydrazine groups is 1. The zero-order valence-corrected chi connectivity index (χ0v) is 11.1. The number of hydrogen-bond donors (Lipinski definition) is 3. The molecule has 0 saturated carbocycles. The molecule has 0 aliphatic heterocycles. The van der Waals surface area contributed by atoms with Crippen LogP contribution in [0.3, 0.4) is 0 Å². The molecule has 1 aromatic heterocycles. The van der Waals surface area contributed by atoms with E-state index in [0.29, 0.717) is 5.82 Å². The van der Waals surface area contributed by atoms with E-state index in [1.165, 1.54) is 29.2 Å². The number of carbonyl (C=O) groups excluding carboxylic acids is 1. The van der Waals surface area contributed by atoms with Gasteiger partial charge < -0.3 is 10.7 Å². The Morgan fingerprint density at radius 1 is 1.52 bits per heavy atom. The highest BCUT2D eigenvalue weighted by Crippen LogP contribution is 2.27. The SMILES string of the molecule is Cn1cnc(CNC(=O)c2cccc([N+](=O)[O-])c2NN)n1. The number of carbonyl (C=O) groups is 1. The topological polar surface area (TPSA) is 141 Å². The van der Waals surface area contributed by atoms with Gasteiger partial charge in [0.15, 0.2) is 5.82 Å². The minimum Gasteiger partial charge on any atom is -0.345 e. The number of hydrogen-bond acceptors (Lipinski definition) is 7. The summed E-state index contributed by atoms with van der Waals surface area (Å²) < 4.78 is 1.50. The van der Waals surface area contributed by atoms with E-state index in [1.54, 1.807) is 7.05 Å². The second-order valence-corrected chi connectivity index (χ2v) is 4.12. The lowest BCUT2D eigenvalue weighted by molar-refractivity contribution is -0.384. The molecule has 1 amide bonds. The Balaban J connectivity index is 2.19. The maximum Gasteiger partial charge on any atom is 0.294 e. The molecule has 21 heavy (non-hydrogen) atoms. The van der Waals surface area contributed by atoms with E-state index in [1.807, 2.05) is 0 Å². The first-order chi connectivity index (χ1) is 10.0. The molecule has 1 heterocycles. The average molecular weight is 291 g/mol. The van der Waals surface area contributed by atoms with Crippen LogP contribution >= 0.6 is 0 Å². The molecule has 4 N–H and O–H groups in total. The van der Waals surface area contributed by atoms with Gasteiger partial charge in [-0.15, -0.1) is 0 Å². The minimum absolute atomic E-state index is 0.0472. The second kappa shape index (κ2) is 5.96. The largest absolute Gasteiger partial charge is 0.345 e. The van der Waals surface area contributed by atoms with Crippen molar-refractivity contribution in [3.63, 3.8) is 0 Å². The maximum absolute atomic E-state index is 12.1. The first-order valence-electron chi connectivity index (χ1n) is 5.89. The Bertz CT molecular complexity index is 682. The van der Waals surface area contributed by atoms with Crippen LogP contribution in [0.15, 0.2) is 24.5 Å². The summed E-state index contributed by atoms with van der Waals surface area (Å²) in [6, 6.07) is 4.10. The summed E-state index contributed by atoms with van der Waals surface area (Å²) >= 11 is 0. The third-order valence-corrected chi connectivity index (χ3v) is 2.68. The zero-order chi connectivity index (χ0) is 15.4. The van der Waals surface area contributed by atoms with Crippen LogP contribution in [0.1, 0.15) is 16.2 Å². The number of benzene rings is 1. The monoisotopic (exact) mass is 291 g/mol. The Hall–Kier alpha value is -3.01. The van der Waals surface area contributed by atoms with E-state index in [4.69, 9.17) is 5.84 Å². The molecule has 2 aromatic rings. The number of nitrogens with one attached hydrogen (secondary N) is 2. The molecule has 110 valence electrons. The predicted molar refractivity (Wildman–Crippen MR) is 73.1 cm³/mol. The summed E-state index contributed by atoms with van der Waals surface area (Å²) in [5, 5.41) is 17.5. The average Bonchev–Trinajstić information content (AvgIpc) is 2.89. The minimum atomic E-state index is -0.619. The van der Waals surface area contributed by atoms with Crippen LogP contribution in [0.2, 0.25) is 0 Å². The van der Waals surface area contributed by atoms with Gasteiger partial charge in [0.05, 0.1) is 17.0 Å². The first kappa shape index (κ1) is 14.4. The molecule has 0 aliphatic rings. The Morgan fingerprint density at radius 3 is 2.86 bits per heavy atom.